The molecule has 0 amide bonds. The topological polar surface area (TPSA) is 87.7 Å². The zero-order valence-electron chi connectivity index (χ0n) is 14.0. The normalized spacial score (nSPS) is 18.1. The molecule has 2 aromatic heterocycles. The van der Waals surface area contributed by atoms with Crippen molar-refractivity contribution in [3.8, 4) is 6.07 Å². The number of aromatic nitrogens is 4. The van der Waals surface area contributed by atoms with Gasteiger partial charge < -0.3 is 4.90 Å². The third-order valence-corrected chi connectivity index (χ3v) is 5.05. The Morgan fingerprint density at radius 2 is 1.96 bits per heavy atom. The fourth-order valence-corrected chi connectivity index (χ4v) is 3.41. The van der Waals surface area contributed by atoms with Crippen LogP contribution in [0.25, 0.3) is 0 Å². The molecule has 0 radical (unpaired) electrons. The molecule has 128 valence electrons. The standard InChI is InChI=1S/C18H20N6O/c19-11-15-5-8-20-21-18(15)23-9-6-13(7-10-23)12-24-17(25)4-3-16(22-24)14-1-2-14/h3-5,8,13-14H,1-2,6-7,9-10,12H2. The molecule has 0 atom stereocenters. The molecule has 0 N–H and O–H groups in total. The second kappa shape index (κ2) is 6.63. The van der Waals surface area contributed by atoms with Crippen molar-refractivity contribution in [2.45, 2.75) is 38.1 Å². The van der Waals surface area contributed by atoms with Crippen LogP contribution in [0.5, 0.6) is 0 Å². The van der Waals surface area contributed by atoms with Gasteiger partial charge in [0.1, 0.15) is 6.07 Å². The van der Waals surface area contributed by atoms with E-state index in [9.17, 15) is 10.1 Å². The Balaban J connectivity index is 1.42. The maximum atomic E-state index is 12.1. The molecule has 1 aliphatic heterocycles. The maximum Gasteiger partial charge on any atom is 0.266 e. The van der Waals surface area contributed by atoms with Crippen LogP contribution in [-0.2, 0) is 6.54 Å². The van der Waals surface area contributed by atoms with E-state index in [0.29, 0.717) is 29.8 Å². The van der Waals surface area contributed by atoms with Gasteiger partial charge in [0.2, 0.25) is 0 Å². The van der Waals surface area contributed by atoms with Gasteiger partial charge in [0.05, 0.1) is 17.5 Å². The maximum absolute atomic E-state index is 12.1. The first-order valence-electron chi connectivity index (χ1n) is 8.79. The highest BCUT2D eigenvalue weighted by Crippen LogP contribution is 2.38. The van der Waals surface area contributed by atoms with Gasteiger partial charge in [0.15, 0.2) is 5.82 Å². The number of rotatable bonds is 4. The minimum absolute atomic E-state index is 0.0208. The summed E-state index contributed by atoms with van der Waals surface area (Å²) in [4.78, 5) is 14.2. The van der Waals surface area contributed by atoms with Crippen LogP contribution in [0, 0.1) is 17.2 Å². The number of hydrogen-bond acceptors (Lipinski definition) is 6. The molecule has 4 rings (SSSR count). The Morgan fingerprint density at radius 1 is 1.16 bits per heavy atom. The Kier molecular flexibility index (Phi) is 4.18. The molecule has 1 aliphatic carbocycles. The molecule has 0 aromatic carbocycles. The molecule has 2 aliphatic rings. The number of nitrogens with zero attached hydrogens (tertiary/aromatic N) is 6. The molecule has 2 fully saturated rings. The summed E-state index contributed by atoms with van der Waals surface area (Å²) in [5.41, 5.74) is 1.59. The minimum Gasteiger partial charge on any atom is -0.354 e. The van der Waals surface area contributed by atoms with Gasteiger partial charge in [-0.25, -0.2) is 4.68 Å². The molecule has 7 heteroatoms. The fourth-order valence-electron chi connectivity index (χ4n) is 3.41. The molecule has 7 nitrogen and oxygen atoms in total. The summed E-state index contributed by atoms with van der Waals surface area (Å²) >= 11 is 0. The van der Waals surface area contributed by atoms with Gasteiger partial charge in [-0.3, -0.25) is 4.79 Å². The van der Waals surface area contributed by atoms with Crippen LogP contribution >= 0.6 is 0 Å². The first-order valence-corrected chi connectivity index (χ1v) is 8.79. The summed E-state index contributed by atoms with van der Waals surface area (Å²) in [6.45, 7) is 2.29. The van der Waals surface area contributed by atoms with Crippen molar-refractivity contribution >= 4 is 5.82 Å². The van der Waals surface area contributed by atoms with Crippen LogP contribution in [-0.4, -0.2) is 33.1 Å². The van der Waals surface area contributed by atoms with E-state index in [0.717, 1.165) is 31.6 Å². The van der Waals surface area contributed by atoms with Gasteiger partial charge in [-0.15, -0.1) is 5.10 Å². The zero-order valence-corrected chi connectivity index (χ0v) is 14.0. The number of piperidine rings is 1. The predicted molar refractivity (Wildman–Crippen MR) is 92.2 cm³/mol. The third kappa shape index (κ3) is 3.38. The first-order chi connectivity index (χ1) is 12.2. The molecule has 3 heterocycles. The van der Waals surface area contributed by atoms with Crippen molar-refractivity contribution < 1.29 is 0 Å². The smallest absolute Gasteiger partial charge is 0.266 e. The molecule has 0 unspecified atom stereocenters. The molecule has 1 saturated heterocycles. The van der Waals surface area contributed by atoms with Gasteiger partial charge >= 0.3 is 0 Å². The van der Waals surface area contributed by atoms with Gasteiger partial charge in [-0.1, -0.05) is 0 Å². The monoisotopic (exact) mass is 336 g/mol. The highest BCUT2D eigenvalue weighted by atomic mass is 16.1. The molecule has 1 saturated carbocycles. The lowest BCUT2D eigenvalue weighted by Crippen LogP contribution is -2.37. The van der Waals surface area contributed by atoms with E-state index in [1.807, 2.05) is 6.07 Å². The van der Waals surface area contributed by atoms with Crippen molar-refractivity contribution in [2.75, 3.05) is 18.0 Å². The second-order valence-corrected chi connectivity index (χ2v) is 6.86. The molecule has 25 heavy (non-hydrogen) atoms. The van der Waals surface area contributed by atoms with Crippen LogP contribution in [0.15, 0.2) is 29.2 Å². The summed E-state index contributed by atoms with van der Waals surface area (Å²) < 4.78 is 1.64. The third-order valence-electron chi connectivity index (χ3n) is 5.05. The summed E-state index contributed by atoms with van der Waals surface area (Å²) in [5, 5.41) is 21.8. The average Bonchev–Trinajstić information content (AvgIpc) is 3.49. The quantitative estimate of drug-likeness (QED) is 0.844. The number of nitriles is 1. The second-order valence-electron chi connectivity index (χ2n) is 6.86. The minimum atomic E-state index is -0.0208. The van der Waals surface area contributed by atoms with Crippen LogP contribution in [0.4, 0.5) is 5.82 Å². The highest BCUT2D eigenvalue weighted by molar-refractivity contribution is 5.52. The van der Waals surface area contributed by atoms with Crippen LogP contribution in [0.1, 0.15) is 42.9 Å². The van der Waals surface area contributed by atoms with E-state index in [4.69, 9.17) is 0 Å². The molecule has 0 spiro atoms. The first kappa shape index (κ1) is 15.8. The molecule has 2 aromatic rings. The van der Waals surface area contributed by atoms with E-state index < -0.39 is 0 Å². The lowest BCUT2D eigenvalue weighted by molar-refractivity contribution is 0.332. The van der Waals surface area contributed by atoms with Gasteiger partial charge in [-0.2, -0.15) is 15.5 Å². The lowest BCUT2D eigenvalue weighted by atomic mass is 9.96. The predicted octanol–water partition coefficient (Wildman–Crippen LogP) is 1.70. The van der Waals surface area contributed by atoms with E-state index in [-0.39, 0.29) is 5.56 Å². The average molecular weight is 336 g/mol. The highest BCUT2D eigenvalue weighted by Gasteiger charge is 2.27. The fraction of sp³-hybridized carbons (Fsp3) is 0.500. The largest absolute Gasteiger partial charge is 0.354 e. The van der Waals surface area contributed by atoms with Gasteiger partial charge in [0.25, 0.3) is 5.56 Å². The van der Waals surface area contributed by atoms with Crippen LogP contribution in [0.3, 0.4) is 0 Å². The molecule has 0 bridgehead atoms. The Bertz CT molecular complexity index is 858. The summed E-state index contributed by atoms with van der Waals surface area (Å²) in [6, 6.07) is 7.39. The lowest BCUT2D eigenvalue weighted by Gasteiger charge is -2.32. The summed E-state index contributed by atoms with van der Waals surface area (Å²) in [5.74, 6) is 1.63. The van der Waals surface area contributed by atoms with Crippen molar-refractivity contribution in [1.82, 2.24) is 20.0 Å². The number of hydrogen-bond donors (Lipinski definition) is 0. The molecular formula is C18H20N6O. The van der Waals surface area contributed by atoms with E-state index in [1.165, 1.54) is 12.8 Å². The van der Waals surface area contributed by atoms with Crippen LogP contribution < -0.4 is 10.5 Å². The molecular weight excluding hydrogens is 316 g/mol. The number of anilines is 1. The van der Waals surface area contributed by atoms with Crippen molar-refractivity contribution in [1.29, 1.82) is 5.26 Å². The Labute approximate surface area is 145 Å². The Hall–Kier alpha value is -2.75. The van der Waals surface area contributed by atoms with Gasteiger partial charge in [-0.05, 0) is 43.7 Å². The Morgan fingerprint density at radius 3 is 2.68 bits per heavy atom. The SMILES string of the molecule is N#Cc1ccnnc1N1CCC(Cn2nc(C3CC3)ccc2=O)CC1. The van der Waals surface area contributed by atoms with Crippen molar-refractivity contribution in [3.05, 3.63) is 46.0 Å². The van der Waals surface area contributed by atoms with Crippen molar-refractivity contribution in [2.24, 2.45) is 5.92 Å². The summed E-state index contributed by atoms with van der Waals surface area (Å²) in [6.07, 6.45) is 5.80. The zero-order chi connectivity index (χ0) is 17.2. The van der Waals surface area contributed by atoms with Crippen molar-refractivity contribution in [3.63, 3.8) is 0 Å². The van der Waals surface area contributed by atoms with E-state index >= 15 is 0 Å². The van der Waals surface area contributed by atoms with Gasteiger partial charge in [0, 0.05) is 31.6 Å². The van der Waals surface area contributed by atoms with Crippen LogP contribution in [0.2, 0.25) is 0 Å². The van der Waals surface area contributed by atoms with E-state index in [1.54, 1.807) is 23.0 Å². The summed E-state index contributed by atoms with van der Waals surface area (Å²) in [7, 11) is 0. The van der Waals surface area contributed by atoms with E-state index in [2.05, 4.69) is 26.3 Å².